The van der Waals surface area contributed by atoms with Gasteiger partial charge in [0.25, 0.3) is 0 Å². The van der Waals surface area contributed by atoms with E-state index in [9.17, 15) is 18.0 Å². The molecule has 1 aliphatic carbocycles. The van der Waals surface area contributed by atoms with Crippen molar-refractivity contribution in [2.75, 3.05) is 6.61 Å². The zero-order valence-electron chi connectivity index (χ0n) is 5.44. The van der Waals surface area contributed by atoms with E-state index in [1.165, 1.54) is 0 Å². The molecule has 0 aromatic carbocycles. The normalized spacial score (nSPS) is 41.7. The van der Waals surface area contributed by atoms with Gasteiger partial charge in [0.2, 0.25) is 0 Å². The Bertz CT molecular complexity index is 222. The number of alkyl halides is 3. The Morgan fingerprint density at radius 3 is 2.36 bits per heavy atom. The van der Waals surface area contributed by atoms with Crippen LogP contribution in [0.15, 0.2) is 0 Å². The summed E-state index contributed by atoms with van der Waals surface area (Å²) in [6, 6.07) is 0. The fourth-order valence-corrected chi connectivity index (χ4v) is 1.55. The van der Waals surface area contributed by atoms with Crippen molar-refractivity contribution in [2.45, 2.75) is 12.6 Å². The lowest BCUT2D eigenvalue weighted by Crippen LogP contribution is -2.31. The Hall–Kier alpha value is -0.740. The van der Waals surface area contributed by atoms with Crippen LogP contribution in [0.3, 0.4) is 0 Å². The second kappa shape index (κ2) is 1.54. The van der Waals surface area contributed by atoms with E-state index < -0.39 is 23.5 Å². The number of hydrogen-bond donors (Lipinski definition) is 0. The number of carbonyl (C=O) groups is 1. The molecule has 0 spiro atoms. The molecule has 0 amide bonds. The zero-order valence-corrected chi connectivity index (χ0v) is 5.44. The second-order valence-corrected chi connectivity index (χ2v) is 2.97. The number of carbonyl (C=O) groups excluding carboxylic acids is 1. The van der Waals surface area contributed by atoms with Gasteiger partial charge in [-0.05, 0) is 6.42 Å². The SMILES string of the molecule is O=C1OCC2CC12C(F)(F)F. The fourth-order valence-electron chi connectivity index (χ4n) is 1.55. The van der Waals surface area contributed by atoms with Crippen LogP contribution in [0.1, 0.15) is 6.42 Å². The minimum absolute atomic E-state index is 0.0572. The van der Waals surface area contributed by atoms with E-state index in [4.69, 9.17) is 0 Å². The number of halogens is 3. The molecule has 0 aromatic heterocycles. The largest absolute Gasteiger partial charge is 0.465 e. The first-order valence-corrected chi connectivity index (χ1v) is 3.22. The van der Waals surface area contributed by atoms with Crippen LogP contribution in [0.2, 0.25) is 0 Å². The molecule has 5 heteroatoms. The Kier molecular flexibility index (Phi) is 0.971. The summed E-state index contributed by atoms with van der Waals surface area (Å²) in [5, 5.41) is 0. The van der Waals surface area contributed by atoms with Crippen LogP contribution in [-0.4, -0.2) is 18.8 Å². The number of hydrogen-bond acceptors (Lipinski definition) is 2. The number of cyclic esters (lactones) is 1. The smallest absolute Gasteiger partial charge is 0.405 e. The van der Waals surface area contributed by atoms with Crippen molar-refractivity contribution in [2.24, 2.45) is 11.3 Å². The maximum atomic E-state index is 12.1. The summed E-state index contributed by atoms with van der Waals surface area (Å²) in [6.45, 7) is -0.0572. The third-order valence-electron chi connectivity index (χ3n) is 2.39. The molecule has 1 saturated heterocycles. The molecule has 62 valence electrons. The molecule has 0 aromatic rings. The van der Waals surface area contributed by atoms with Gasteiger partial charge in [-0.25, -0.2) is 0 Å². The number of esters is 1. The third-order valence-corrected chi connectivity index (χ3v) is 2.39. The number of rotatable bonds is 0. The van der Waals surface area contributed by atoms with E-state index in [0.717, 1.165) is 0 Å². The summed E-state index contributed by atoms with van der Waals surface area (Å²) < 4.78 is 40.7. The van der Waals surface area contributed by atoms with Crippen molar-refractivity contribution in [1.82, 2.24) is 0 Å². The van der Waals surface area contributed by atoms with Crippen LogP contribution in [0.4, 0.5) is 13.2 Å². The lowest BCUT2D eigenvalue weighted by Gasteiger charge is -2.12. The molecular weight excluding hydrogens is 161 g/mol. The predicted octanol–water partition coefficient (Wildman–Crippen LogP) is 1.11. The minimum Gasteiger partial charge on any atom is -0.465 e. The minimum atomic E-state index is -4.41. The van der Waals surface area contributed by atoms with Gasteiger partial charge in [0.1, 0.15) is 0 Å². The van der Waals surface area contributed by atoms with Gasteiger partial charge in [-0.1, -0.05) is 0 Å². The molecule has 2 unspecified atom stereocenters. The standard InChI is InChI=1S/C6H5F3O2/c7-6(8,9)5-1-3(5)2-11-4(5)10/h3H,1-2H2. The Morgan fingerprint density at radius 2 is 2.18 bits per heavy atom. The first-order chi connectivity index (χ1) is 4.98. The highest BCUT2D eigenvalue weighted by molar-refractivity contribution is 5.84. The lowest BCUT2D eigenvalue weighted by molar-refractivity contribution is -0.199. The van der Waals surface area contributed by atoms with Gasteiger partial charge in [0.05, 0.1) is 6.61 Å². The molecule has 0 bridgehead atoms. The molecule has 11 heavy (non-hydrogen) atoms. The van der Waals surface area contributed by atoms with Crippen molar-refractivity contribution in [3.8, 4) is 0 Å². The van der Waals surface area contributed by atoms with E-state index in [1.54, 1.807) is 0 Å². The molecule has 2 atom stereocenters. The van der Waals surface area contributed by atoms with Gasteiger partial charge in [-0.3, -0.25) is 4.79 Å². The second-order valence-electron chi connectivity index (χ2n) is 2.97. The summed E-state index contributed by atoms with van der Waals surface area (Å²) >= 11 is 0. The summed E-state index contributed by atoms with van der Waals surface area (Å²) in [7, 11) is 0. The number of fused-ring (bicyclic) bond motifs is 1. The van der Waals surface area contributed by atoms with E-state index in [-0.39, 0.29) is 13.0 Å². The highest BCUT2D eigenvalue weighted by Crippen LogP contribution is 2.66. The monoisotopic (exact) mass is 166 g/mol. The Morgan fingerprint density at radius 1 is 1.55 bits per heavy atom. The van der Waals surface area contributed by atoms with Gasteiger partial charge < -0.3 is 4.74 Å². The molecular formula is C6H5F3O2. The topological polar surface area (TPSA) is 26.3 Å². The highest BCUT2D eigenvalue weighted by atomic mass is 19.4. The summed E-state index contributed by atoms with van der Waals surface area (Å²) in [6.07, 6.45) is -4.49. The van der Waals surface area contributed by atoms with Gasteiger partial charge in [-0.2, -0.15) is 13.2 Å². The van der Waals surface area contributed by atoms with E-state index in [2.05, 4.69) is 4.74 Å². The first kappa shape index (κ1) is 6.94. The molecule has 2 rings (SSSR count). The van der Waals surface area contributed by atoms with Gasteiger partial charge in [0, 0.05) is 5.92 Å². The summed E-state index contributed by atoms with van der Waals surface area (Å²) in [5.41, 5.74) is -2.10. The van der Waals surface area contributed by atoms with Crippen LogP contribution < -0.4 is 0 Å². The molecule has 2 fully saturated rings. The molecule has 2 aliphatic rings. The van der Waals surface area contributed by atoms with Crippen molar-refractivity contribution in [3.05, 3.63) is 0 Å². The molecule has 0 radical (unpaired) electrons. The molecule has 1 saturated carbocycles. The Balaban J connectivity index is 2.32. The molecule has 0 N–H and O–H groups in total. The van der Waals surface area contributed by atoms with Crippen LogP contribution >= 0.6 is 0 Å². The number of ether oxygens (including phenoxy) is 1. The van der Waals surface area contributed by atoms with Crippen LogP contribution in [0.25, 0.3) is 0 Å². The van der Waals surface area contributed by atoms with Gasteiger partial charge in [0.15, 0.2) is 5.41 Å². The van der Waals surface area contributed by atoms with E-state index >= 15 is 0 Å². The van der Waals surface area contributed by atoms with Crippen molar-refractivity contribution in [3.63, 3.8) is 0 Å². The van der Waals surface area contributed by atoms with E-state index in [1.807, 2.05) is 0 Å². The average Bonchev–Trinajstić information content (AvgIpc) is 2.50. The van der Waals surface area contributed by atoms with Crippen LogP contribution in [0, 0.1) is 11.3 Å². The van der Waals surface area contributed by atoms with Crippen LogP contribution in [-0.2, 0) is 9.53 Å². The first-order valence-electron chi connectivity index (χ1n) is 3.22. The molecule has 2 nitrogen and oxygen atoms in total. The predicted molar refractivity (Wildman–Crippen MR) is 27.6 cm³/mol. The van der Waals surface area contributed by atoms with Crippen LogP contribution in [0.5, 0.6) is 0 Å². The van der Waals surface area contributed by atoms with Crippen molar-refractivity contribution >= 4 is 5.97 Å². The fraction of sp³-hybridized carbons (Fsp3) is 0.833. The van der Waals surface area contributed by atoms with Crippen molar-refractivity contribution in [1.29, 1.82) is 0 Å². The summed E-state index contributed by atoms with van der Waals surface area (Å²) in [5.74, 6) is -1.69. The third kappa shape index (κ3) is 0.611. The zero-order chi connectivity index (χ0) is 8.28. The van der Waals surface area contributed by atoms with Crippen molar-refractivity contribution < 1.29 is 22.7 Å². The van der Waals surface area contributed by atoms with Gasteiger partial charge in [-0.15, -0.1) is 0 Å². The highest BCUT2D eigenvalue weighted by Gasteiger charge is 2.79. The quantitative estimate of drug-likeness (QED) is 0.504. The van der Waals surface area contributed by atoms with E-state index in [0.29, 0.717) is 0 Å². The van der Waals surface area contributed by atoms with Gasteiger partial charge >= 0.3 is 12.1 Å². The maximum Gasteiger partial charge on any atom is 0.405 e. The maximum absolute atomic E-state index is 12.1. The molecule has 1 heterocycles. The Labute approximate surface area is 60.3 Å². The molecule has 1 aliphatic heterocycles. The average molecular weight is 166 g/mol. The summed E-state index contributed by atoms with van der Waals surface area (Å²) in [4.78, 5) is 10.6. The lowest BCUT2D eigenvalue weighted by atomic mass is 10.1.